The molecule has 154 valence electrons. The minimum Gasteiger partial charge on any atom is -0.372 e. The topological polar surface area (TPSA) is 59.1 Å². The lowest BCUT2D eigenvalue weighted by atomic mass is 9.96. The zero-order valence-electron chi connectivity index (χ0n) is 16.0. The molecule has 1 saturated heterocycles. The van der Waals surface area contributed by atoms with Gasteiger partial charge in [-0.3, -0.25) is 4.68 Å². The maximum absolute atomic E-state index is 12.8. The molecule has 1 aliphatic heterocycles. The van der Waals surface area contributed by atoms with E-state index in [1.807, 2.05) is 58.2 Å². The van der Waals surface area contributed by atoms with Crippen LogP contribution in [0.4, 0.5) is 30.2 Å². The molecule has 2 heterocycles. The van der Waals surface area contributed by atoms with Crippen LogP contribution in [0.15, 0.2) is 48.7 Å². The van der Waals surface area contributed by atoms with E-state index >= 15 is 0 Å². The van der Waals surface area contributed by atoms with E-state index in [0.29, 0.717) is 26.2 Å². The molecule has 0 atom stereocenters. The second-order valence-electron chi connectivity index (χ2n) is 7.43. The fourth-order valence-electron chi connectivity index (χ4n) is 3.79. The molecule has 29 heavy (non-hydrogen) atoms. The van der Waals surface area contributed by atoms with Crippen molar-refractivity contribution in [3.05, 3.63) is 48.7 Å². The van der Waals surface area contributed by atoms with E-state index in [1.165, 1.54) is 0 Å². The number of nitrogens with two attached hydrogens (primary N) is 1. The summed E-state index contributed by atoms with van der Waals surface area (Å²) in [6, 6.07) is 13.8. The minimum absolute atomic E-state index is 0.154. The van der Waals surface area contributed by atoms with Crippen molar-refractivity contribution in [2.75, 3.05) is 29.9 Å². The summed E-state index contributed by atoms with van der Waals surface area (Å²) in [5.74, 6) is -1.18. The van der Waals surface area contributed by atoms with E-state index in [1.54, 1.807) is 0 Å². The lowest BCUT2D eigenvalue weighted by molar-refractivity contribution is -0.179. The van der Waals surface area contributed by atoms with E-state index < -0.39 is 12.1 Å². The molecule has 0 spiro atoms. The Morgan fingerprint density at radius 1 is 1.03 bits per heavy atom. The van der Waals surface area contributed by atoms with Crippen molar-refractivity contribution in [3.63, 3.8) is 0 Å². The molecule has 1 fully saturated rings. The molecule has 3 N–H and O–H groups in total. The SMILES string of the molecule is NCCn1cc2cc(Nc3ccc(N4CCC(C(F)(F)F)CC4)cc3)ccc2n1. The van der Waals surface area contributed by atoms with Crippen LogP contribution in [0.5, 0.6) is 0 Å². The lowest BCUT2D eigenvalue weighted by Gasteiger charge is -2.34. The highest BCUT2D eigenvalue weighted by molar-refractivity contribution is 5.83. The molecule has 1 aliphatic rings. The van der Waals surface area contributed by atoms with Gasteiger partial charge in [0.05, 0.1) is 18.0 Å². The number of piperidine rings is 1. The molecule has 0 bridgehead atoms. The van der Waals surface area contributed by atoms with Crippen LogP contribution < -0.4 is 16.0 Å². The monoisotopic (exact) mass is 403 g/mol. The number of benzene rings is 2. The Morgan fingerprint density at radius 2 is 1.72 bits per heavy atom. The van der Waals surface area contributed by atoms with Gasteiger partial charge in [0, 0.05) is 48.3 Å². The summed E-state index contributed by atoms with van der Waals surface area (Å²) >= 11 is 0. The predicted molar refractivity (Wildman–Crippen MR) is 110 cm³/mol. The van der Waals surface area contributed by atoms with Crippen LogP contribution in [0.2, 0.25) is 0 Å². The molecule has 3 aromatic rings. The number of fused-ring (bicyclic) bond motifs is 1. The Hall–Kier alpha value is -2.74. The summed E-state index contributed by atoms with van der Waals surface area (Å²) in [5, 5.41) is 8.87. The Labute approximate surface area is 167 Å². The van der Waals surface area contributed by atoms with Crippen molar-refractivity contribution in [3.8, 4) is 0 Å². The number of hydrogen-bond acceptors (Lipinski definition) is 4. The number of halogens is 3. The molecular weight excluding hydrogens is 379 g/mol. The van der Waals surface area contributed by atoms with Crippen LogP contribution in [0.3, 0.4) is 0 Å². The zero-order valence-corrected chi connectivity index (χ0v) is 16.0. The maximum atomic E-state index is 12.8. The molecule has 0 unspecified atom stereocenters. The first-order valence-corrected chi connectivity index (χ1v) is 9.78. The van der Waals surface area contributed by atoms with E-state index in [4.69, 9.17) is 5.73 Å². The fraction of sp³-hybridized carbons (Fsp3) is 0.381. The van der Waals surface area contributed by atoms with Gasteiger partial charge in [-0.05, 0) is 55.3 Å². The van der Waals surface area contributed by atoms with E-state index in [2.05, 4.69) is 10.4 Å². The average Bonchev–Trinajstić information content (AvgIpc) is 3.10. The minimum atomic E-state index is -4.08. The average molecular weight is 403 g/mol. The summed E-state index contributed by atoms with van der Waals surface area (Å²) < 4.78 is 40.3. The third kappa shape index (κ3) is 4.48. The number of nitrogens with zero attached hydrogens (tertiary/aromatic N) is 3. The van der Waals surface area contributed by atoms with Crippen LogP contribution in [0.1, 0.15) is 12.8 Å². The molecule has 1 aromatic heterocycles. The Kier molecular flexibility index (Phi) is 5.36. The Balaban J connectivity index is 1.40. The number of rotatable bonds is 5. The van der Waals surface area contributed by atoms with Crippen molar-refractivity contribution in [1.29, 1.82) is 0 Å². The number of alkyl halides is 3. The summed E-state index contributed by atoms with van der Waals surface area (Å²) in [6.45, 7) is 2.08. The predicted octanol–water partition coefficient (Wildman–Crippen LogP) is 4.52. The molecule has 0 amide bonds. The second-order valence-corrected chi connectivity index (χ2v) is 7.43. The fourth-order valence-corrected chi connectivity index (χ4v) is 3.79. The molecule has 5 nitrogen and oxygen atoms in total. The lowest BCUT2D eigenvalue weighted by Crippen LogP contribution is -2.38. The molecule has 4 rings (SSSR count). The van der Waals surface area contributed by atoms with Gasteiger partial charge in [-0.25, -0.2) is 0 Å². The van der Waals surface area contributed by atoms with Gasteiger partial charge >= 0.3 is 6.18 Å². The molecule has 8 heteroatoms. The van der Waals surface area contributed by atoms with E-state index in [0.717, 1.165) is 28.0 Å². The van der Waals surface area contributed by atoms with Gasteiger partial charge in [0.2, 0.25) is 0 Å². The van der Waals surface area contributed by atoms with Crippen LogP contribution in [-0.2, 0) is 6.54 Å². The highest BCUT2D eigenvalue weighted by Gasteiger charge is 2.41. The van der Waals surface area contributed by atoms with Crippen molar-refractivity contribution in [2.45, 2.75) is 25.6 Å². The first-order valence-electron chi connectivity index (χ1n) is 9.78. The standard InChI is InChI=1S/C21H24F3N5/c22-21(23,24)16-7-10-28(11-8-16)19-4-1-17(2-5-19)26-18-3-6-20-15(13-18)14-29(27-20)12-9-25/h1-6,13-14,16,26H,7-12,25H2. The number of hydrogen-bond donors (Lipinski definition) is 2. The quantitative estimate of drug-likeness (QED) is 0.658. The smallest absolute Gasteiger partial charge is 0.372 e. The van der Waals surface area contributed by atoms with Crippen molar-refractivity contribution >= 4 is 28.0 Å². The molecule has 0 saturated carbocycles. The summed E-state index contributed by atoms with van der Waals surface area (Å²) in [6.07, 6.45) is -1.80. The summed E-state index contributed by atoms with van der Waals surface area (Å²) in [4.78, 5) is 2.02. The van der Waals surface area contributed by atoms with Gasteiger partial charge < -0.3 is 16.0 Å². The third-order valence-corrected chi connectivity index (χ3v) is 5.39. The molecular formula is C21H24F3N5. The van der Waals surface area contributed by atoms with Gasteiger partial charge in [-0.1, -0.05) is 0 Å². The normalized spacial score (nSPS) is 15.8. The summed E-state index contributed by atoms with van der Waals surface area (Å²) in [7, 11) is 0. The molecule has 2 aromatic carbocycles. The Morgan fingerprint density at radius 3 is 2.38 bits per heavy atom. The van der Waals surface area contributed by atoms with Crippen molar-refractivity contribution in [2.24, 2.45) is 11.7 Å². The van der Waals surface area contributed by atoms with Gasteiger partial charge in [0.25, 0.3) is 0 Å². The van der Waals surface area contributed by atoms with E-state index in [-0.39, 0.29) is 12.8 Å². The maximum Gasteiger partial charge on any atom is 0.391 e. The number of aromatic nitrogens is 2. The third-order valence-electron chi connectivity index (χ3n) is 5.39. The summed E-state index contributed by atoms with van der Waals surface area (Å²) in [5.41, 5.74) is 9.32. The van der Waals surface area contributed by atoms with Crippen molar-refractivity contribution in [1.82, 2.24) is 9.78 Å². The zero-order chi connectivity index (χ0) is 20.4. The van der Waals surface area contributed by atoms with Gasteiger partial charge in [-0.2, -0.15) is 18.3 Å². The highest BCUT2D eigenvalue weighted by Crippen LogP contribution is 2.35. The molecule has 0 radical (unpaired) electrons. The van der Waals surface area contributed by atoms with Gasteiger partial charge in [0.15, 0.2) is 0 Å². The number of anilines is 3. The largest absolute Gasteiger partial charge is 0.391 e. The van der Waals surface area contributed by atoms with Crippen LogP contribution in [0.25, 0.3) is 10.9 Å². The van der Waals surface area contributed by atoms with Gasteiger partial charge in [0.1, 0.15) is 0 Å². The molecule has 0 aliphatic carbocycles. The second kappa shape index (κ2) is 7.94. The van der Waals surface area contributed by atoms with Gasteiger partial charge in [-0.15, -0.1) is 0 Å². The van der Waals surface area contributed by atoms with Crippen LogP contribution >= 0.6 is 0 Å². The van der Waals surface area contributed by atoms with Crippen molar-refractivity contribution < 1.29 is 13.2 Å². The van der Waals surface area contributed by atoms with E-state index in [9.17, 15) is 13.2 Å². The van der Waals surface area contributed by atoms with Crippen LogP contribution in [-0.4, -0.2) is 35.6 Å². The highest BCUT2D eigenvalue weighted by atomic mass is 19.4. The Bertz CT molecular complexity index is 957. The first kappa shape index (κ1) is 19.6. The first-order chi connectivity index (χ1) is 13.9. The number of nitrogens with one attached hydrogen (secondary N) is 1. The van der Waals surface area contributed by atoms with Crippen LogP contribution in [0, 0.1) is 5.92 Å².